The first kappa shape index (κ1) is 14.6. The molecule has 0 bridgehead atoms. The number of rotatable bonds is 6. The van der Waals surface area contributed by atoms with E-state index in [1.165, 1.54) is 12.1 Å². The van der Waals surface area contributed by atoms with E-state index in [4.69, 9.17) is 0 Å². The minimum atomic E-state index is -2.94. The van der Waals surface area contributed by atoms with Crippen LogP contribution in [0.4, 0.5) is 4.39 Å². The molecule has 0 unspecified atom stereocenters. The van der Waals surface area contributed by atoms with Crippen molar-refractivity contribution in [3.63, 3.8) is 0 Å². The molecule has 1 aromatic rings. The zero-order valence-electron chi connectivity index (χ0n) is 9.54. The van der Waals surface area contributed by atoms with Gasteiger partial charge in [-0.05, 0) is 23.8 Å². The van der Waals surface area contributed by atoms with Crippen molar-refractivity contribution in [3.8, 4) is 0 Å². The van der Waals surface area contributed by atoms with Gasteiger partial charge in [0.05, 0.1) is 5.75 Å². The highest BCUT2D eigenvalue weighted by Gasteiger charge is 2.06. The Morgan fingerprint density at radius 2 is 2.06 bits per heavy atom. The lowest BCUT2D eigenvalue weighted by Gasteiger charge is -2.06. The molecule has 0 heterocycles. The van der Waals surface area contributed by atoms with Gasteiger partial charge in [-0.15, -0.1) is 0 Å². The Balaban J connectivity index is 2.41. The molecule has 6 heteroatoms. The second-order valence-electron chi connectivity index (χ2n) is 3.69. The highest BCUT2D eigenvalue weighted by molar-refractivity contribution is 9.10. The van der Waals surface area contributed by atoms with Gasteiger partial charge in [0, 0.05) is 23.3 Å². The van der Waals surface area contributed by atoms with Crippen molar-refractivity contribution in [2.45, 2.75) is 13.5 Å². The van der Waals surface area contributed by atoms with Crippen LogP contribution in [0.2, 0.25) is 0 Å². The van der Waals surface area contributed by atoms with Crippen LogP contribution in [0.1, 0.15) is 12.5 Å². The summed E-state index contributed by atoms with van der Waals surface area (Å²) in [5.74, 6) is -0.0439. The number of sulfone groups is 1. The standard InChI is InChI=1S/C11H15BrFNO2S/c1-2-17(15,16)4-3-14-8-9-5-10(12)7-11(13)6-9/h5-7,14H,2-4,8H2,1H3. The molecule has 0 amide bonds. The average molecular weight is 324 g/mol. The van der Waals surface area contributed by atoms with Crippen molar-refractivity contribution in [2.24, 2.45) is 0 Å². The van der Waals surface area contributed by atoms with Gasteiger partial charge in [0.25, 0.3) is 0 Å². The summed E-state index contributed by atoms with van der Waals surface area (Å²) in [5, 5.41) is 2.98. The van der Waals surface area contributed by atoms with Crippen LogP contribution in [0.15, 0.2) is 22.7 Å². The highest BCUT2D eigenvalue weighted by atomic mass is 79.9. The van der Waals surface area contributed by atoms with Gasteiger partial charge in [0.15, 0.2) is 9.84 Å². The summed E-state index contributed by atoms with van der Waals surface area (Å²) in [6, 6.07) is 4.60. The van der Waals surface area contributed by atoms with Crippen LogP contribution in [0.25, 0.3) is 0 Å². The van der Waals surface area contributed by atoms with Gasteiger partial charge < -0.3 is 5.32 Å². The zero-order valence-corrected chi connectivity index (χ0v) is 11.9. The fraction of sp³-hybridized carbons (Fsp3) is 0.455. The number of halogens is 2. The SMILES string of the molecule is CCS(=O)(=O)CCNCc1cc(F)cc(Br)c1. The van der Waals surface area contributed by atoms with Crippen molar-refractivity contribution < 1.29 is 12.8 Å². The van der Waals surface area contributed by atoms with Crippen LogP contribution < -0.4 is 5.32 Å². The zero-order chi connectivity index (χ0) is 12.9. The topological polar surface area (TPSA) is 46.2 Å². The van der Waals surface area contributed by atoms with Gasteiger partial charge in [0.2, 0.25) is 0 Å². The molecular formula is C11H15BrFNO2S. The largest absolute Gasteiger partial charge is 0.312 e. The second-order valence-corrected chi connectivity index (χ2v) is 7.08. The molecule has 96 valence electrons. The molecule has 0 aliphatic carbocycles. The van der Waals surface area contributed by atoms with E-state index in [1.54, 1.807) is 13.0 Å². The molecule has 1 rings (SSSR count). The van der Waals surface area contributed by atoms with E-state index in [9.17, 15) is 12.8 Å². The Labute approximate surface area is 109 Å². The lowest BCUT2D eigenvalue weighted by Crippen LogP contribution is -2.23. The third-order valence-electron chi connectivity index (χ3n) is 2.28. The summed E-state index contributed by atoms with van der Waals surface area (Å²) in [5.41, 5.74) is 0.783. The molecule has 0 atom stereocenters. The van der Waals surface area contributed by atoms with Gasteiger partial charge >= 0.3 is 0 Å². The van der Waals surface area contributed by atoms with E-state index in [1.807, 2.05) is 0 Å². The smallest absolute Gasteiger partial charge is 0.151 e. The fourth-order valence-electron chi connectivity index (χ4n) is 1.32. The maximum absolute atomic E-state index is 13.0. The fourth-order valence-corrected chi connectivity index (χ4v) is 2.57. The molecule has 0 radical (unpaired) electrons. The monoisotopic (exact) mass is 323 g/mol. The molecule has 17 heavy (non-hydrogen) atoms. The lowest BCUT2D eigenvalue weighted by molar-refractivity contribution is 0.591. The molecule has 1 N–H and O–H groups in total. The Morgan fingerprint density at radius 1 is 1.35 bits per heavy atom. The average Bonchev–Trinajstić information content (AvgIpc) is 2.23. The van der Waals surface area contributed by atoms with Crippen molar-refractivity contribution in [3.05, 3.63) is 34.1 Å². The minimum absolute atomic E-state index is 0.111. The maximum Gasteiger partial charge on any atom is 0.151 e. The van der Waals surface area contributed by atoms with Gasteiger partial charge in [-0.2, -0.15) is 0 Å². The van der Waals surface area contributed by atoms with E-state index in [-0.39, 0.29) is 17.3 Å². The van der Waals surface area contributed by atoms with Gasteiger partial charge in [-0.3, -0.25) is 0 Å². The first-order chi connectivity index (χ1) is 7.93. The summed E-state index contributed by atoms with van der Waals surface area (Å²) in [7, 11) is -2.94. The van der Waals surface area contributed by atoms with Crippen LogP contribution >= 0.6 is 15.9 Å². The molecule has 3 nitrogen and oxygen atoms in total. The van der Waals surface area contributed by atoms with E-state index >= 15 is 0 Å². The van der Waals surface area contributed by atoms with E-state index in [0.29, 0.717) is 17.6 Å². The highest BCUT2D eigenvalue weighted by Crippen LogP contribution is 2.14. The summed E-state index contributed by atoms with van der Waals surface area (Å²) in [6.45, 7) is 2.46. The lowest BCUT2D eigenvalue weighted by atomic mass is 10.2. The summed E-state index contributed by atoms with van der Waals surface area (Å²) >= 11 is 3.20. The Morgan fingerprint density at radius 3 is 2.65 bits per heavy atom. The Bertz CT molecular complexity index is 456. The Hall–Kier alpha value is -0.460. The molecule has 1 aromatic carbocycles. The van der Waals surface area contributed by atoms with Gasteiger partial charge in [0.1, 0.15) is 5.82 Å². The molecule has 0 fully saturated rings. The molecule has 0 aliphatic heterocycles. The number of hydrogen-bond donors (Lipinski definition) is 1. The van der Waals surface area contributed by atoms with Crippen molar-refractivity contribution in [1.82, 2.24) is 5.32 Å². The minimum Gasteiger partial charge on any atom is -0.312 e. The van der Waals surface area contributed by atoms with E-state index < -0.39 is 9.84 Å². The number of benzene rings is 1. The van der Waals surface area contributed by atoms with Crippen molar-refractivity contribution in [1.29, 1.82) is 0 Å². The third kappa shape index (κ3) is 5.61. The molecular weight excluding hydrogens is 309 g/mol. The normalized spacial score (nSPS) is 11.7. The van der Waals surface area contributed by atoms with Crippen molar-refractivity contribution in [2.75, 3.05) is 18.1 Å². The van der Waals surface area contributed by atoms with Gasteiger partial charge in [-0.25, -0.2) is 12.8 Å². The number of nitrogens with one attached hydrogen (secondary N) is 1. The third-order valence-corrected chi connectivity index (χ3v) is 4.44. The molecule has 0 saturated carbocycles. The summed E-state index contributed by atoms with van der Waals surface area (Å²) in [4.78, 5) is 0. The predicted molar refractivity (Wildman–Crippen MR) is 70.1 cm³/mol. The summed E-state index contributed by atoms with van der Waals surface area (Å²) in [6.07, 6.45) is 0. The molecule has 0 aliphatic rings. The summed E-state index contributed by atoms with van der Waals surface area (Å²) < 4.78 is 36.1. The maximum atomic E-state index is 13.0. The first-order valence-corrected chi connectivity index (χ1v) is 7.90. The van der Waals surface area contributed by atoms with Crippen LogP contribution in [0, 0.1) is 5.82 Å². The second kappa shape index (κ2) is 6.47. The van der Waals surface area contributed by atoms with Crippen LogP contribution in [0.5, 0.6) is 0 Å². The Kier molecular flexibility index (Phi) is 5.55. The quantitative estimate of drug-likeness (QED) is 0.816. The number of hydrogen-bond acceptors (Lipinski definition) is 3. The van der Waals surface area contributed by atoms with Gasteiger partial charge in [-0.1, -0.05) is 22.9 Å². The van der Waals surface area contributed by atoms with Crippen LogP contribution in [-0.2, 0) is 16.4 Å². The molecule has 0 aromatic heterocycles. The first-order valence-electron chi connectivity index (χ1n) is 5.29. The van der Waals surface area contributed by atoms with Crippen molar-refractivity contribution >= 4 is 25.8 Å². The van der Waals surface area contributed by atoms with Crippen LogP contribution in [0.3, 0.4) is 0 Å². The van der Waals surface area contributed by atoms with E-state index in [2.05, 4.69) is 21.2 Å². The van der Waals surface area contributed by atoms with Crippen LogP contribution in [-0.4, -0.2) is 26.5 Å². The molecule has 0 saturated heterocycles. The molecule has 0 spiro atoms. The predicted octanol–water partition coefficient (Wildman–Crippen LogP) is 2.11. The van der Waals surface area contributed by atoms with E-state index in [0.717, 1.165) is 5.56 Å².